The summed E-state index contributed by atoms with van der Waals surface area (Å²) in [6.45, 7) is 1.16. The van der Waals surface area contributed by atoms with Crippen molar-refractivity contribution in [3.63, 3.8) is 0 Å². The molecule has 0 aliphatic carbocycles. The molecule has 1 aliphatic rings. The Morgan fingerprint density at radius 2 is 2.15 bits per heavy atom. The summed E-state index contributed by atoms with van der Waals surface area (Å²) < 4.78 is 5.36. The van der Waals surface area contributed by atoms with Gasteiger partial charge >= 0.3 is 0 Å². The summed E-state index contributed by atoms with van der Waals surface area (Å²) >= 11 is 0. The molecule has 1 aliphatic heterocycles. The van der Waals surface area contributed by atoms with Gasteiger partial charge in [-0.3, -0.25) is 4.79 Å². The monoisotopic (exact) mass is 177 g/mol. The lowest BCUT2D eigenvalue weighted by Gasteiger charge is -2.25. The number of amides is 1. The molecule has 1 N–H and O–H groups in total. The predicted molar refractivity (Wildman–Crippen MR) is 48.0 cm³/mol. The van der Waals surface area contributed by atoms with Crippen LogP contribution in [0, 0.1) is 0 Å². The van der Waals surface area contributed by atoms with Crippen LogP contribution in [-0.4, -0.2) is 18.6 Å². The van der Waals surface area contributed by atoms with Crippen LogP contribution in [0.25, 0.3) is 0 Å². The van der Waals surface area contributed by atoms with Gasteiger partial charge in [-0.25, -0.2) is 0 Å². The number of β-lactam (4-membered cyclic amide) rings is 1. The van der Waals surface area contributed by atoms with Crippen molar-refractivity contribution in [2.75, 3.05) is 6.54 Å². The molecule has 1 unspecified atom stereocenters. The maximum absolute atomic E-state index is 10.8. The first-order chi connectivity index (χ1) is 6.36. The molecular weight excluding hydrogens is 166 g/mol. The Bertz CT molecular complexity index is 297. The van der Waals surface area contributed by atoms with Crippen LogP contribution in [-0.2, 0) is 16.1 Å². The third-order valence-corrected chi connectivity index (χ3v) is 2.05. The second-order valence-electron chi connectivity index (χ2n) is 3.03. The van der Waals surface area contributed by atoms with Gasteiger partial charge in [0.2, 0.25) is 0 Å². The molecule has 1 fully saturated rings. The minimum atomic E-state index is -0.236. The number of carbonyl (C=O) groups excluding carboxylic acids is 1. The third-order valence-electron chi connectivity index (χ3n) is 2.05. The predicted octanol–water partition coefficient (Wildman–Crippen LogP) is 0.702. The van der Waals surface area contributed by atoms with E-state index in [0.717, 1.165) is 5.56 Å². The minimum absolute atomic E-state index is 0.00377. The summed E-state index contributed by atoms with van der Waals surface area (Å²) in [4.78, 5) is 10.8. The number of rotatable bonds is 3. The van der Waals surface area contributed by atoms with Crippen LogP contribution in [0.4, 0.5) is 0 Å². The van der Waals surface area contributed by atoms with E-state index in [4.69, 9.17) is 4.74 Å². The lowest BCUT2D eigenvalue weighted by molar-refractivity contribution is -0.142. The SMILES string of the molecule is O=C1NCC1OCc1ccccc1. The Morgan fingerprint density at radius 1 is 1.38 bits per heavy atom. The van der Waals surface area contributed by atoms with E-state index in [1.165, 1.54) is 0 Å². The maximum atomic E-state index is 10.8. The van der Waals surface area contributed by atoms with Crippen LogP contribution in [0.3, 0.4) is 0 Å². The van der Waals surface area contributed by atoms with Gasteiger partial charge in [-0.2, -0.15) is 0 Å². The Morgan fingerprint density at radius 3 is 2.69 bits per heavy atom. The second-order valence-corrected chi connectivity index (χ2v) is 3.03. The largest absolute Gasteiger partial charge is 0.362 e. The summed E-state index contributed by atoms with van der Waals surface area (Å²) in [6, 6.07) is 9.84. The van der Waals surface area contributed by atoms with Crippen molar-refractivity contribution < 1.29 is 9.53 Å². The minimum Gasteiger partial charge on any atom is -0.362 e. The van der Waals surface area contributed by atoms with Crippen molar-refractivity contribution in [1.82, 2.24) is 5.32 Å². The molecule has 1 aromatic carbocycles. The first-order valence-electron chi connectivity index (χ1n) is 4.29. The standard InChI is InChI=1S/C10H11NO2/c12-10-9(6-11-10)13-7-8-4-2-1-3-5-8/h1-5,9H,6-7H2,(H,11,12). The van der Waals surface area contributed by atoms with Gasteiger partial charge in [-0.1, -0.05) is 30.3 Å². The fourth-order valence-electron chi connectivity index (χ4n) is 1.17. The molecule has 1 aromatic rings. The van der Waals surface area contributed by atoms with E-state index >= 15 is 0 Å². The molecule has 1 saturated heterocycles. The zero-order valence-electron chi connectivity index (χ0n) is 7.19. The highest BCUT2D eigenvalue weighted by Gasteiger charge is 2.27. The summed E-state index contributed by atoms with van der Waals surface area (Å²) in [5, 5.41) is 2.63. The molecule has 0 aromatic heterocycles. The first kappa shape index (κ1) is 8.26. The zero-order chi connectivity index (χ0) is 9.10. The summed E-state index contributed by atoms with van der Waals surface area (Å²) in [7, 11) is 0. The number of benzene rings is 1. The molecular formula is C10H11NO2. The van der Waals surface area contributed by atoms with E-state index in [9.17, 15) is 4.79 Å². The number of hydrogen-bond acceptors (Lipinski definition) is 2. The highest BCUT2D eigenvalue weighted by molar-refractivity contribution is 5.86. The first-order valence-corrected chi connectivity index (χ1v) is 4.29. The molecule has 0 bridgehead atoms. The highest BCUT2D eigenvalue weighted by atomic mass is 16.5. The Kier molecular flexibility index (Phi) is 2.27. The molecule has 0 saturated carbocycles. The van der Waals surface area contributed by atoms with E-state index in [2.05, 4.69) is 5.32 Å². The number of carbonyl (C=O) groups is 1. The van der Waals surface area contributed by atoms with Crippen LogP contribution < -0.4 is 5.32 Å². The van der Waals surface area contributed by atoms with Crippen LogP contribution in [0.2, 0.25) is 0 Å². The number of nitrogens with one attached hydrogen (secondary N) is 1. The maximum Gasteiger partial charge on any atom is 0.251 e. The van der Waals surface area contributed by atoms with Gasteiger partial charge in [-0.15, -0.1) is 0 Å². The molecule has 0 radical (unpaired) electrons. The van der Waals surface area contributed by atoms with Crippen molar-refractivity contribution in [2.24, 2.45) is 0 Å². The lowest BCUT2D eigenvalue weighted by atomic mass is 10.2. The van der Waals surface area contributed by atoms with Gasteiger partial charge in [-0.05, 0) is 5.56 Å². The van der Waals surface area contributed by atoms with E-state index in [1.807, 2.05) is 30.3 Å². The fourth-order valence-corrected chi connectivity index (χ4v) is 1.17. The molecule has 13 heavy (non-hydrogen) atoms. The summed E-state index contributed by atoms with van der Waals surface area (Å²) in [5.74, 6) is -0.00377. The Labute approximate surface area is 76.7 Å². The second kappa shape index (κ2) is 3.58. The van der Waals surface area contributed by atoms with Crippen molar-refractivity contribution in [3.05, 3.63) is 35.9 Å². The zero-order valence-corrected chi connectivity index (χ0v) is 7.19. The van der Waals surface area contributed by atoms with Gasteiger partial charge in [0.05, 0.1) is 13.2 Å². The average molecular weight is 177 g/mol. The molecule has 1 amide bonds. The molecule has 3 nitrogen and oxygen atoms in total. The van der Waals surface area contributed by atoms with Crippen molar-refractivity contribution in [3.8, 4) is 0 Å². The molecule has 2 rings (SSSR count). The number of hydrogen-bond donors (Lipinski definition) is 1. The molecule has 3 heteroatoms. The summed E-state index contributed by atoms with van der Waals surface area (Å²) in [5.41, 5.74) is 1.10. The topological polar surface area (TPSA) is 38.3 Å². The Hall–Kier alpha value is -1.35. The number of ether oxygens (including phenoxy) is 1. The van der Waals surface area contributed by atoms with E-state index in [1.54, 1.807) is 0 Å². The lowest BCUT2D eigenvalue weighted by Crippen LogP contribution is -2.54. The highest BCUT2D eigenvalue weighted by Crippen LogP contribution is 2.06. The van der Waals surface area contributed by atoms with Gasteiger partial charge in [0, 0.05) is 0 Å². The summed E-state index contributed by atoms with van der Waals surface area (Å²) in [6.07, 6.45) is -0.236. The van der Waals surface area contributed by atoms with Gasteiger partial charge in [0.15, 0.2) is 6.10 Å². The molecule has 68 valence electrons. The van der Waals surface area contributed by atoms with Crippen molar-refractivity contribution in [2.45, 2.75) is 12.7 Å². The van der Waals surface area contributed by atoms with Crippen LogP contribution >= 0.6 is 0 Å². The average Bonchev–Trinajstić information content (AvgIpc) is 2.17. The van der Waals surface area contributed by atoms with Gasteiger partial charge < -0.3 is 10.1 Å². The van der Waals surface area contributed by atoms with Gasteiger partial charge in [0.25, 0.3) is 5.91 Å². The van der Waals surface area contributed by atoms with Gasteiger partial charge in [0.1, 0.15) is 0 Å². The smallest absolute Gasteiger partial charge is 0.251 e. The normalized spacial score (nSPS) is 20.6. The molecule has 1 atom stereocenters. The van der Waals surface area contributed by atoms with E-state index < -0.39 is 0 Å². The molecule has 1 heterocycles. The van der Waals surface area contributed by atoms with Crippen LogP contribution in [0.1, 0.15) is 5.56 Å². The van der Waals surface area contributed by atoms with Crippen LogP contribution in [0.15, 0.2) is 30.3 Å². The van der Waals surface area contributed by atoms with E-state index in [0.29, 0.717) is 13.2 Å². The van der Waals surface area contributed by atoms with Crippen LogP contribution in [0.5, 0.6) is 0 Å². The van der Waals surface area contributed by atoms with E-state index in [-0.39, 0.29) is 12.0 Å². The quantitative estimate of drug-likeness (QED) is 0.690. The fraction of sp³-hybridized carbons (Fsp3) is 0.300. The third kappa shape index (κ3) is 1.87. The molecule has 0 spiro atoms. The van der Waals surface area contributed by atoms with Crippen molar-refractivity contribution >= 4 is 5.91 Å². The van der Waals surface area contributed by atoms with Crippen molar-refractivity contribution in [1.29, 1.82) is 0 Å². The Balaban J connectivity index is 1.83.